The number of hydrogen-bond donors (Lipinski definition) is 4. The standard InChI is InChI=1S/C15H32O3.C2H6O2/c1-15(17)14-18-13-11-9-7-5-3-2-4-6-8-10-12-16;3-1-2-4/h15-17H,2-14H2,1H3;3-4H,1-2H2. The van der Waals surface area contributed by atoms with Gasteiger partial charge < -0.3 is 25.2 Å². The number of aliphatic hydroxyl groups excluding tert-OH is 4. The zero-order valence-electron chi connectivity index (χ0n) is 14.4. The van der Waals surface area contributed by atoms with Gasteiger partial charge in [0.25, 0.3) is 0 Å². The van der Waals surface area contributed by atoms with Crippen LogP contribution in [0.4, 0.5) is 0 Å². The topological polar surface area (TPSA) is 90.2 Å². The second-order valence-corrected chi connectivity index (χ2v) is 5.63. The van der Waals surface area contributed by atoms with Gasteiger partial charge in [0.1, 0.15) is 0 Å². The lowest BCUT2D eigenvalue weighted by molar-refractivity contribution is 0.0445. The average molecular weight is 322 g/mol. The number of aliphatic hydroxyl groups is 4. The van der Waals surface area contributed by atoms with Crippen molar-refractivity contribution in [1.82, 2.24) is 0 Å². The van der Waals surface area contributed by atoms with Gasteiger partial charge >= 0.3 is 0 Å². The number of ether oxygens (including phenoxy) is 1. The monoisotopic (exact) mass is 322 g/mol. The van der Waals surface area contributed by atoms with Gasteiger partial charge in [0.05, 0.1) is 25.9 Å². The van der Waals surface area contributed by atoms with Crippen molar-refractivity contribution in [3.63, 3.8) is 0 Å². The summed E-state index contributed by atoms with van der Waals surface area (Å²) in [7, 11) is 0. The fraction of sp³-hybridized carbons (Fsp3) is 1.00. The molecule has 1 atom stereocenters. The summed E-state index contributed by atoms with van der Waals surface area (Å²) in [5.41, 5.74) is 0. The van der Waals surface area contributed by atoms with E-state index in [0.717, 1.165) is 19.4 Å². The number of unbranched alkanes of at least 4 members (excludes halogenated alkanes) is 9. The normalized spacial score (nSPS) is 11.9. The summed E-state index contributed by atoms with van der Waals surface area (Å²) in [5.74, 6) is 0. The number of hydrogen-bond acceptors (Lipinski definition) is 5. The molecule has 22 heavy (non-hydrogen) atoms. The van der Waals surface area contributed by atoms with E-state index in [2.05, 4.69) is 0 Å². The first-order chi connectivity index (χ1) is 10.7. The summed E-state index contributed by atoms with van der Waals surface area (Å²) < 4.78 is 5.31. The van der Waals surface area contributed by atoms with E-state index in [1.165, 1.54) is 51.4 Å². The van der Waals surface area contributed by atoms with Crippen LogP contribution >= 0.6 is 0 Å². The molecule has 0 fully saturated rings. The summed E-state index contributed by atoms with van der Waals surface area (Å²) in [4.78, 5) is 0. The molecule has 0 radical (unpaired) electrons. The molecule has 0 aromatic rings. The number of rotatable bonds is 15. The molecule has 0 aromatic heterocycles. The van der Waals surface area contributed by atoms with Gasteiger partial charge in [-0.2, -0.15) is 0 Å². The van der Waals surface area contributed by atoms with E-state index in [9.17, 15) is 0 Å². The van der Waals surface area contributed by atoms with Crippen LogP contribution in [0.3, 0.4) is 0 Å². The van der Waals surface area contributed by atoms with Crippen molar-refractivity contribution in [3.05, 3.63) is 0 Å². The van der Waals surface area contributed by atoms with E-state index in [0.29, 0.717) is 13.2 Å². The van der Waals surface area contributed by atoms with Crippen molar-refractivity contribution >= 4 is 0 Å². The average Bonchev–Trinajstić information content (AvgIpc) is 2.52. The van der Waals surface area contributed by atoms with Crippen LogP contribution in [0.25, 0.3) is 0 Å². The van der Waals surface area contributed by atoms with Gasteiger partial charge in [-0.3, -0.25) is 0 Å². The first kappa shape index (κ1) is 24.1. The van der Waals surface area contributed by atoms with E-state index in [1.807, 2.05) is 0 Å². The van der Waals surface area contributed by atoms with Gasteiger partial charge in [-0.1, -0.05) is 51.4 Å². The molecule has 5 nitrogen and oxygen atoms in total. The van der Waals surface area contributed by atoms with Crippen LogP contribution in [0.5, 0.6) is 0 Å². The molecule has 4 N–H and O–H groups in total. The Bertz CT molecular complexity index is 174. The van der Waals surface area contributed by atoms with Crippen LogP contribution in [0, 0.1) is 0 Å². The maximum atomic E-state index is 8.99. The fourth-order valence-corrected chi connectivity index (χ4v) is 1.98. The Labute approximate surface area is 136 Å². The molecule has 0 aliphatic rings. The molecule has 5 heteroatoms. The molecule has 0 aliphatic carbocycles. The summed E-state index contributed by atoms with van der Waals surface area (Å²) >= 11 is 0. The highest BCUT2D eigenvalue weighted by Crippen LogP contribution is 2.10. The van der Waals surface area contributed by atoms with Crippen molar-refractivity contribution in [2.24, 2.45) is 0 Å². The molecule has 0 rings (SSSR count). The third-order valence-electron chi connectivity index (χ3n) is 3.16. The molecule has 0 saturated heterocycles. The lowest BCUT2D eigenvalue weighted by atomic mass is 10.1. The third-order valence-corrected chi connectivity index (χ3v) is 3.16. The van der Waals surface area contributed by atoms with Gasteiger partial charge in [0, 0.05) is 13.2 Å². The van der Waals surface area contributed by atoms with Crippen LogP contribution < -0.4 is 0 Å². The Hall–Kier alpha value is -0.200. The molecular formula is C17H38O5. The summed E-state index contributed by atoms with van der Waals surface area (Å²) in [6.45, 7) is 3.09. The summed E-state index contributed by atoms with van der Waals surface area (Å²) in [6, 6.07) is 0. The molecule has 0 aliphatic heterocycles. The Balaban J connectivity index is 0. The Morgan fingerprint density at radius 3 is 1.41 bits per heavy atom. The Kier molecular flexibility index (Phi) is 25.2. The highest BCUT2D eigenvalue weighted by Gasteiger charge is 1.96. The second-order valence-electron chi connectivity index (χ2n) is 5.63. The van der Waals surface area contributed by atoms with Crippen molar-refractivity contribution in [2.75, 3.05) is 33.0 Å². The van der Waals surface area contributed by atoms with Gasteiger partial charge in [-0.15, -0.1) is 0 Å². The van der Waals surface area contributed by atoms with Crippen molar-refractivity contribution in [1.29, 1.82) is 0 Å². The van der Waals surface area contributed by atoms with Crippen molar-refractivity contribution < 1.29 is 25.2 Å². The minimum atomic E-state index is -0.337. The van der Waals surface area contributed by atoms with Crippen LogP contribution in [0.1, 0.15) is 71.1 Å². The molecule has 0 amide bonds. The highest BCUT2D eigenvalue weighted by molar-refractivity contribution is 4.48. The third kappa shape index (κ3) is 28.0. The molecule has 0 spiro atoms. The molecule has 1 unspecified atom stereocenters. The smallest absolute Gasteiger partial charge is 0.0745 e. The van der Waals surface area contributed by atoms with E-state index in [4.69, 9.17) is 25.2 Å². The first-order valence-corrected chi connectivity index (χ1v) is 8.77. The molecule has 0 heterocycles. The predicted molar refractivity (Wildman–Crippen MR) is 89.9 cm³/mol. The van der Waals surface area contributed by atoms with E-state index >= 15 is 0 Å². The van der Waals surface area contributed by atoms with Gasteiger partial charge in [-0.05, 0) is 19.8 Å². The Morgan fingerprint density at radius 2 is 1.05 bits per heavy atom. The van der Waals surface area contributed by atoms with Crippen LogP contribution in [0.15, 0.2) is 0 Å². The van der Waals surface area contributed by atoms with Crippen LogP contribution in [-0.2, 0) is 4.74 Å². The maximum absolute atomic E-state index is 8.99. The minimum Gasteiger partial charge on any atom is -0.396 e. The van der Waals surface area contributed by atoms with Gasteiger partial charge in [-0.25, -0.2) is 0 Å². The molecule has 0 bridgehead atoms. The SMILES string of the molecule is CC(O)COCCCCCCCCCCCCO.OCCO. The van der Waals surface area contributed by atoms with E-state index in [-0.39, 0.29) is 19.3 Å². The lowest BCUT2D eigenvalue weighted by Gasteiger charge is -2.06. The van der Waals surface area contributed by atoms with Gasteiger partial charge in [0.2, 0.25) is 0 Å². The quantitative estimate of drug-likeness (QED) is 0.347. The highest BCUT2D eigenvalue weighted by atomic mass is 16.5. The fourth-order valence-electron chi connectivity index (χ4n) is 1.98. The van der Waals surface area contributed by atoms with Crippen LogP contribution in [0.2, 0.25) is 0 Å². The molecule has 0 aromatic carbocycles. The summed E-state index contributed by atoms with van der Waals surface area (Å²) in [5, 5.41) is 32.9. The second kappa shape index (κ2) is 23.1. The van der Waals surface area contributed by atoms with E-state index in [1.54, 1.807) is 6.92 Å². The largest absolute Gasteiger partial charge is 0.396 e. The zero-order valence-corrected chi connectivity index (χ0v) is 14.4. The first-order valence-electron chi connectivity index (χ1n) is 8.77. The zero-order chi connectivity index (χ0) is 16.9. The lowest BCUT2D eigenvalue weighted by Crippen LogP contribution is -2.10. The molecule has 136 valence electrons. The minimum absolute atomic E-state index is 0.125. The van der Waals surface area contributed by atoms with Crippen LogP contribution in [-0.4, -0.2) is 59.6 Å². The Morgan fingerprint density at radius 1 is 0.636 bits per heavy atom. The van der Waals surface area contributed by atoms with Gasteiger partial charge in [0.15, 0.2) is 0 Å². The molecule has 0 saturated carbocycles. The molecular weight excluding hydrogens is 284 g/mol. The van der Waals surface area contributed by atoms with Crippen molar-refractivity contribution in [3.8, 4) is 0 Å². The summed E-state index contributed by atoms with van der Waals surface area (Å²) in [6.07, 6.45) is 12.1. The van der Waals surface area contributed by atoms with Crippen molar-refractivity contribution in [2.45, 2.75) is 77.2 Å². The maximum Gasteiger partial charge on any atom is 0.0745 e. The van der Waals surface area contributed by atoms with E-state index < -0.39 is 0 Å². The predicted octanol–water partition coefficient (Wildman–Crippen LogP) is 2.25.